The van der Waals surface area contributed by atoms with Gasteiger partial charge in [-0.05, 0) is 36.4 Å². The number of nitrogens with two attached hydrogens (primary N) is 1. The number of halogens is 1. The molecule has 0 bridgehead atoms. The van der Waals surface area contributed by atoms with Crippen molar-refractivity contribution < 1.29 is 0 Å². The number of hydrogen-bond donors (Lipinski definition) is 1. The maximum absolute atomic E-state index is 6.08. The zero-order chi connectivity index (χ0) is 9.68. The Morgan fingerprint density at radius 3 is 2.77 bits per heavy atom. The zero-order valence-corrected chi connectivity index (χ0v) is 9.29. The quantitative estimate of drug-likeness (QED) is 0.782. The molecule has 13 heavy (non-hydrogen) atoms. The zero-order valence-electron chi connectivity index (χ0n) is 7.72. The topological polar surface area (TPSA) is 26.0 Å². The molecule has 3 heteroatoms. The third-order valence-corrected chi connectivity index (χ3v) is 3.11. The molecule has 0 aliphatic heterocycles. The van der Waals surface area contributed by atoms with Gasteiger partial charge in [0.15, 0.2) is 0 Å². The number of benzene rings is 1. The van der Waals surface area contributed by atoms with Crippen LogP contribution in [0.5, 0.6) is 0 Å². The van der Waals surface area contributed by atoms with Crippen LogP contribution in [0.1, 0.15) is 12.5 Å². The van der Waals surface area contributed by atoms with Crippen molar-refractivity contribution in [2.24, 2.45) is 5.73 Å². The summed E-state index contributed by atoms with van der Waals surface area (Å²) in [5, 5.41) is 0.845. The van der Waals surface area contributed by atoms with Crippen LogP contribution in [-0.4, -0.2) is 12.3 Å². The van der Waals surface area contributed by atoms with Crippen LogP contribution in [0.2, 0.25) is 5.02 Å². The summed E-state index contributed by atoms with van der Waals surface area (Å²) in [5.74, 6) is 1.05. The van der Waals surface area contributed by atoms with Crippen LogP contribution in [0.25, 0.3) is 0 Å². The molecule has 0 fully saturated rings. The lowest BCUT2D eigenvalue weighted by Crippen LogP contribution is -2.02. The van der Waals surface area contributed by atoms with E-state index in [0.29, 0.717) is 6.54 Å². The highest BCUT2D eigenvalue weighted by Gasteiger charge is 2.00. The summed E-state index contributed by atoms with van der Waals surface area (Å²) in [4.78, 5) is 1.16. The lowest BCUT2D eigenvalue weighted by Gasteiger charge is -2.04. The van der Waals surface area contributed by atoms with E-state index in [9.17, 15) is 0 Å². The number of rotatable bonds is 4. The average molecular weight is 216 g/mol. The van der Waals surface area contributed by atoms with Crippen molar-refractivity contribution in [1.82, 2.24) is 0 Å². The first-order chi connectivity index (χ1) is 6.27. The van der Waals surface area contributed by atoms with Gasteiger partial charge in [0.05, 0.1) is 5.02 Å². The second-order valence-electron chi connectivity index (χ2n) is 2.74. The van der Waals surface area contributed by atoms with E-state index >= 15 is 0 Å². The van der Waals surface area contributed by atoms with E-state index in [1.165, 1.54) is 5.56 Å². The van der Waals surface area contributed by atoms with Crippen LogP contribution in [0.4, 0.5) is 0 Å². The molecule has 1 aromatic carbocycles. The summed E-state index contributed by atoms with van der Waals surface area (Å²) in [6.45, 7) is 2.80. The molecule has 72 valence electrons. The summed E-state index contributed by atoms with van der Waals surface area (Å²) in [7, 11) is 0. The molecule has 0 saturated carbocycles. The van der Waals surface area contributed by atoms with Crippen LogP contribution >= 0.6 is 23.4 Å². The Morgan fingerprint density at radius 1 is 1.46 bits per heavy atom. The van der Waals surface area contributed by atoms with Crippen LogP contribution in [0.15, 0.2) is 23.1 Å². The van der Waals surface area contributed by atoms with E-state index in [4.69, 9.17) is 17.3 Å². The highest BCUT2D eigenvalue weighted by Crippen LogP contribution is 2.27. The lowest BCUT2D eigenvalue weighted by molar-refractivity contribution is 0.966. The predicted octanol–water partition coefficient (Wildman–Crippen LogP) is 2.95. The second-order valence-corrected chi connectivity index (χ2v) is 4.45. The van der Waals surface area contributed by atoms with Crippen molar-refractivity contribution in [2.45, 2.75) is 18.2 Å². The molecular formula is C10H14ClNS. The van der Waals surface area contributed by atoms with Crippen molar-refractivity contribution >= 4 is 23.4 Å². The Morgan fingerprint density at radius 2 is 2.23 bits per heavy atom. The third kappa shape index (κ3) is 3.22. The van der Waals surface area contributed by atoms with E-state index < -0.39 is 0 Å². The normalized spacial score (nSPS) is 10.4. The minimum atomic E-state index is 0.677. The Balaban J connectivity index is 2.79. The first-order valence-corrected chi connectivity index (χ1v) is 5.75. The van der Waals surface area contributed by atoms with Crippen LogP contribution < -0.4 is 5.73 Å². The van der Waals surface area contributed by atoms with Gasteiger partial charge in [0, 0.05) is 4.90 Å². The Bertz CT molecular complexity index is 276. The first-order valence-electron chi connectivity index (χ1n) is 4.39. The molecule has 2 N–H and O–H groups in total. The molecule has 0 spiro atoms. The van der Waals surface area contributed by atoms with Crippen molar-refractivity contribution in [3.8, 4) is 0 Å². The summed E-state index contributed by atoms with van der Waals surface area (Å²) in [6.07, 6.45) is 0.900. The minimum Gasteiger partial charge on any atom is -0.330 e. The van der Waals surface area contributed by atoms with Crippen molar-refractivity contribution in [2.75, 3.05) is 12.3 Å². The van der Waals surface area contributed by atoms with Gasteiger partial charge < -0.3 is 5.73 Å². The monoisotopic (exact) mass is 215 g/mol. The molecule has 0 radical (unpaired) electrons. The van der Waals surface area contributed by atoms with E-state index in [1.807, 2.05) is 6.07 Å². The highest BCUT2D eigenvalue weighted by atomic mass is 35.5. The Labute approximate surface area is 88.7 Å². The molecule has 0 saturated heterocycles. The number of thioether (sulfide) groups is 1. The van der Waals surface area contributed by atoms with Gasteiger partial charge in [0.25, 0.3) is 0 Å². The van der Waals surface area contributed by atoms with Crippen molar-refractivity contribution in [1.29, 1.82) is 0 Å². The highest BCUT2D eigenvalue weighted by molar-refractivity contribution is 7.99. The Hall–Kier alpha value is -0.180. The Kier molecular flexibility index (Phi) is 4.64. The molecule has 1 rings (SSSR count). The fourth-order valence-corrected chi connectivity index (χ4v) is 2.18. The van der Waals surface area contributed by atoms with Gasteiger partial charge in [-0.3, -0.25) is 0 Å². The van der Waals surface area contributed by atoms with E-state index in [2.05, 4.69) is 19.1 Å². The van der Waals surface area contributed by atoms with E-state index in [0.717, 1.165) is 22.1 Å². The summed E-state index contributed by atoms with van der Waals surface area (Å²) >= 11 is 7.85. The summed E-state index contributed by atoms with van der Waals surface area (Å²) < 4.78 is 0. The standard InChI is InChI=1S/C10H14ClNS/c1-2-13-10-4-3-8(5-6-12)7-9(10)11/h3-4,7H,2,5-6,12H2,1H3. The van der Waals surface area contributed by atoms with Crippen LogP contribution in [-0.2, 0) is 6.42 Å². The van der Waals surface area contributed by atoms with Crippen LogP contribution in [0, 0.1) is 0 Å². The van der Waals surface area contributed by atoms with Gasteiger partial charge in [-0.1, -0.05) is 24.6 Å². The SMILES string of the molecule is CCSc1ccc(CCN)cc1Cl. The predicted molar refractivity (Wildman–Crippen MR) is 60.6 cm³/mol. The molecule has 0 heterocycles. The van der Waals surface area contributed by atoms with Gasteiger partial charge in [0.1, 0.15) is 0 Å². The van der Waals surface area contributed by atoms with Gasteiger partial charge in [-0.2, -0.15) is 0 Å². The minimum absolute atomic E-state index is 0.677. The average Bonchev–Trinajstić information content (AvgIpc) is 2.10. The molecule has 1 aromatic rings. The molecule has 0 atom stereocenters. The summed E-state index contributed by atoms with van der Waals surface area (Å²) in [6, 6.07) is 6.17. The van der Waals surface area contributed by atoms with Crippen LogP contribution in [0.3, 0.4) is 0 Å². The van der Waals surface area contributed by atoms with E-state index in [1.54, 1.807) is 11.8 Å². The van der Waals surface area contributed by atoms with E-state index in [-0.39, 0.29) is 0 Å². The maximum atomic E-state index is 6.08. The summed E-state index contributed by atoms with van der Waals surface area (Å²) in [5.41, 5.74) is 6.67. The first kappa shape index (κ1) is 10.9. The van der Waals surface area contributed by atoms with Gasteiger partial charge in [-0.15, -0.1) is 11.8 Å². The van der Waals surface area contributed by atoms with Gasteiger partial charge >= 0.3 is 0 Å². The molecular weight excluding hydrogens is 202 g/mol. The molecule has 0 unspecified atom stereocenters. The van der Waals surface area contributed by atoms with Crippen molar-refractivity contribution in [3.63, 3.8) is 0 Å². The fourth-order valence-electron chi connectivity index (χ4n) is 1.14. The van der Waals surface area contributed by atoms with Crippen molar-refractivity contribution in [3.05, 3.63) is 28.8 Å². The molecule has 0 aliphatic carbocycles. The second kappa shape index (κ2) is 5.53. The van der Waals surface area contributed by atoms with Gasteiger partial charge in [0.2, 0.25) is 0 Å². The smallest absolute Gasteiger partial charge is 0.0544 e. The molecule has 0 aliphatic rings. The third-order valence-electron chi connectivity index (χ3n) is 1.73. The largest absolute Gasteiger partial charge is 0.330 e. The maximum Gasteiger partial charge on any atom is 0.0544 e. The molecule has 0 aromatic heterocycles. The lowest BCUT2D eigenvalue weighted by atomic mass is 10.1. The number of hydrogen-bond acceptors (Lipinski definition) is 2. The fraction of sp³-hybridized carbons (Fsp3) is 0.400. The molecule has 1 nitrogen and oxygen atoms in total. The molecule has 0 amide bonds. The van der Waals surface area contributed by atoms with Gasteiger partial charge in [-0.25, -0.2) is 0 Å².